The van der Waals surface area contributed by atoms with E-state index in [1.165, 1.54) is 0 Å². The van der Waals surface area contributed by atoms with Gasteiger partial charge in [-0.15, -0.1) is 0 Å². The van der Waals surface area contributed by atoms with Crippen LogP contribution in [0.25, 0.3) is 0 Å². The molecule has 0 fully saturated rings. The first-order valence-corrected chi connectivity index (χ1v) is 11.9. The summed E-state index contributed by atoms with van der Waals surface area (Å²) in [5.41, 5.74) is 1.18. The molecule has 2 aromatic rings. The van der Waals surface area contributed by atoms with E-state index in [0.29, 0.717) is 55.7 Å². The Morgan fingerprint density at radius 2 is 1.03 bits per heavy atom. The first-order valence-electron chi connectivity index (χ1n) is 11.9. The van der Waals surface area contributed by atoms with Crippen LogP contribution in [-0.4, -0.2) is 38.1 Å². The first-order chi connectivity index (χ1) is 15.8. The normalized spacial score (nSPS) is 10.8. The van der Waals surface area contributed by atoms with E-state index in [9.17, 15) is 9.59 Å². The summed E-state index contributed by atoms with van der Waals surface area (Å²) in [6, 6.07) is 14.3. The molecule has 0 aliphatic rings. The largest absolute Gasteiger partial charge is 0.494 e. The van der Waals surface area contributed by atoms with Crippen LogP contribution in [0, 0.1) is 11.8 Å². The van der Waals surface area contributed by atoms with Gasteiger partial charge >= 0.3 is 0 Å². The summed E-state index contributed by atoms with van der Waals surface area (Å²) in [5, 5.41) is 5.75. The first kappa shape index (κ1) is 26.2. The Kier molecular flexibility index (Phi) is 11.3. The van der Waals surface area contributed by atoms with E-state index < -0.39 is 0 Å². The molecule has 2 aromatic carbocycles. The summed E-state index contributed by atoms with van der Waals surface area (Å²) in [6.07, 6.45) is 2.64. The van der Waals surface area contributed by atoms with Gasteiger partial charge in [0.15, 0.2) is 0 Å². The third kappa shape index (κ3) is 10.4. The van der Waals surface area contributed by atoms with Crippen molar-refractivity contribution in [1.29, 1.82) is 0 Å². The Balaban J connectivity index is 1.63. The van der Waals surface area contributed by atoms with E-state index in [0.717, 1.165) is 24.3 Å². The second-order valence-electron chi connectivity index (χ2n) is 8.98. The van der Waals surface area contributed by atoms with Gasteiger partial charge in [0.05, 0.1) is 13.2 Å². The summed E-state index contributed by atoms with van der Waals surface area (Å²) >= 11 is 0. The number of carbonyl (C=O) groups excluding carboxylic acids is 2. The summed E-state index contributed by atoms with van der Waals surface area (Å²) < 4.78 is 11.4. The summed E-state index contributed by atoms with van der Waals surface area (Å²) in [7, 11) is 0. The van der Waals surface area contributed by atoms with Crippen molar-refractivity contribution < 1.29 is 19.1 Å². The SMILES string of the molecule is CC(C)CCOc1ccc(C(=O)NCCCNC(=O)c2ccc(OCCC(C)C)cc2)cc1. The van der Waals surface area contributed by atoms with E-state index in [1.807, 2.05) is 24.3 Å². The molecule has 0 radical (unpaired) electrons. The third-order valence-electron chi connectivity index (χ3n) is 5.09. The lowest BCUT2D eigenvalue weighted by Gasteiger charge is -2.10. The van der Waals surface area contributed by atoms with Crippen LogP contribution in [0.15, 0.2) is 48.5 Å². The lowest BCUT2D eigenvalue weighted by molar-refractivity contribution is 0.0951. The number of rotatable bonds is 14. The molecule has 0 saturated heterocycles. The molecule has 0 bridgehead atoms. The van der Waals surface area contributed by atoms with Crippen molar-refractivity contribution in [2.24, 2.45) is 11.8 Å². The average Bonchev–Trinajstić information content (AvgIpc) is 2.79. The molecule has 0 heterocycles. The molecule has 0 aromatic heterocycles. The predicted molar refractivity (Wildman–Crippen MR) is 132 cm³/mol. The number of hydrogen-bond acceptors (Lipinski definition) is 4. The van der Waals surface area contributed by atoms with Gasteiger partial charge in [-0.2, -0.15) is 0 Å². The maximum absolute atomic E-state index is 12.3. The quantitative estimate of drug-likeness (QED) is 0.390. The van der Waals surface area contributed by atoms with Crippen LogP contribution in [0.3, 0.4) is 0 Å². The van der Waals surface area contributed by atoms with Crippen molar-refractivity contribution in [1.82, 2.24) is 10.6 Å². The second-order valence-corrected chi connectivity index (χ2v) is 8.98. The zero-order valence-corrected chi connectivity index (χ0v) is 20.4. The Bertz CT molecular complexity index is 774. The van der Waals surface area contributed by atoms with Gasteiger partial charge in [0.25, 0.3) is 11.8 Å². The van der Waals surface area contributed by atoms with Crippen molar-refractivity contribution in [2.75, 3.05) is 26.3 Å². The second kappa shape index (κ2) is 14.2. The third-order valence-corrected chi connectivity index (χ3v) is 5.09. The van der Waals surface area contributed by atoms with Gasteiger partial charge in [-0.05, 0) is 79.6 Å². The van der Waals surface area contributed by atoms with Crippen molar-refractivity contribution >= 4 is 11.8 Å². The van der Waals surface area contributed by atoms with E-state index in [1.54, 1.807) is 24.3 Å². The molecular weight excluding hydrogens is 416 g/mol. The molecule has 6 nitrogen and oxygen atoms in total. The summed E-state index contributed by atoms with van der Waals surface area (Å²) in [4.78, 5) is 24.5. The van der Waals surface area contributed by atoms with Crippen molar-refractivity contribution in [3.8, 4) is 11.5 Å². The molecule has 6 heteroatoms. The monoisotopic (exact) mass is 454 g/mol. The lowest BCUT2D eigenvalue weighted by Crippen LogP contribution is -2.29. The van der Waals surface area contributed by atoms with E-state index in [-0.39, 0.29) is 11.8 Å². The number of amides is 2. The van der Waals surface area contributed by atoms with Crippen LogP contribution in [0.4, 0.5) is 0 Å². The fourth-order valence-electron chi connectivity index (χ4n) is 2.93. The molecule has 2 N–H and O–H groups in total. The number of nitrogens with one attached hydrogen (secondary N) is 2. The van der Waals surface area contributed by atoms with Crippen molar-refractivity contribution in [3.05, 3.63) is 59.7 Å². The highest BCUT2D eigenvalue weighted by atomic mass is 16.5. The number of benzene rings is 2. The molecule has 0 aliphatic heterocycles. The molecular formula is C27H38N2O4. The smallest absolute Gasteiger partial charge is 0.251 e. The molecule has 2 amide bonds. The zero-order chi connectivity index (χ0) is 24.1. The summed E-state index contributed by atoms with van der Waals surface area (Å²) in [5.74, 6) is 2.46. The topological polar surface area (TPSA) is 76.7 Å². The van der Waals surface area contributed by atoms with Gasteiger partial charge in [0.2, 0.25) is 0 Å². The highest BCUT2D eigenvalue weighted by Crippen LogP contribution is 2.14. The average molecular weight is 455 g/mol. The number of ether oxygens (including phenoxy) is 2. The highest BCUT2D eigenvalue weighted by Gasteiger charge is 2.07. The molecule has 0 spiro atoms. The maximum Gasteiger partial charge on any atom is 0.251 e. The summed E-state index contributed by atoms with van der Waals surface area (Å²) in [6.45, 7) is 10.9. The van der Waals surface area contributed by atoms with Crippen LogP contribution in [0.5, 0.6) is 11.5 Å². The number of carbonyl (C=O) groups is 2. The Morgan fingerprint density at radius 3 is 1.36 bits per heavy atom. The van der Waals surface area contributed by atoms with Crippen molar-refractivity contribution in [2.45, 2.75) is 47.0 Å². The van der Waals surface area contributed by atoms with Gasteiger partial charge in [-0.25, -0.2) is 0 Å². The fraction of sp³-hybridized carbons (Fsp3) is 0.481. The molecule has 2 rings (SSSR count). The maximum atomic E-state index is 12.3. The van der Waals surface area contributed by atoms with Crippen molar-refractivity contribution in [3.63, 3.8) is 0 Å². The fourth-order valence-corrected chi connectivity index (χ4v) is 2.93. The predicted octanol–water partition coefficient (Wildman–Crippen LogP) is 5.09. The van der Waals surface area contributed by atoms with Crippen LogP contribution in [0.2, 0.25) is 0 Å². The minimum absolute atomic E-state index is 0.136. The van der Waals surface area contributed by atoms with Gasteiger partial charge in [-0.3, -0.25) is 9.59 Å². The zero-order valence-electron chi connectivity index (χ0n) is 20.4. The Morgan fingerprint density at radius 1 is 0.667 bits per heavy atom. The van der Waals surface area contributed by atoms with Gasteiger partial charge in [0, 0.05) is 24.2 Å². The minimum atomic E-state index is -0.136. The van der Waals surface area contributed by atoms with E-state index >= 15 is 0 Å². The van der Waals surface area contributed by atoms with Crippen LogP contribution in [-0.2, 0) is 0 Å². The lowest BCUT2D eigenvalue weighted by atomic mass is 10.1. The molecule has 180 valence electrons. The minimum Gasteiger partial charge on any atom is -0.494 e. The van der Waals surface area contributed by atoms with Gasteiger partial charge in [0.1, 0.15) is 11.5 Å². The van der Waals surface area contributed by atoms with Gasteiger partial charge in [-0.1, -0.05) is 27.7 Å². The Hall–Kier alpha value is -3.02. The van der Waals surface area contributed by atoms with E-state index in [2.05, 4.69) is 38.3 Å². The molecule has 0 atom stereocenters. The highest BCUT2D eigenvalue weighted by molar-refractivity contribution is 5.94. The van der Waals surface area contributed by atoms with Crippen LogP contribution >= 0.6 is 0 Å². The van der Waals surface area contributed by atoms with Gasteiger partial charge < -0.3 is 20.1 Å². The van der Waals surface area contributed by atoms with Crippen LogP contribution in [0.1, 0.15) is 67.7 Å². The molecule has 33 heavy (non-hydrogen) atoms. The standard InChI is InChI=1S/C27H38N2O4/c1-20(2)14-18-32-24-10-6-22(7-11-24)26(30)28-16-5-17-29-27(31)23-8-12-25(13-9-23)33-19-15-21(3)4/h6-13,20-21H,5,14-19H2,1-4H3,(H,28,30)(H,29,31). The molecule has 0 saturated carbocycles. The number of hydrogen-bond donors (Lipinski definition) is 2. The molecule has 0 aliphatic carbocycles. The van der Waals surface area contributed by atoms with Crippen LogP contribution < -0.4 is 20.1 Å². The molecule has 0 unspecified atom stereocenters. The Labute approximate surface area is 198 Å². The van der Waals surface area contributed by atoms with E-state index in [4.69, 9.17) is 9.47 Å².